The average molecular weight is 382 g/mol. The van der Waals surface area contributed by atoms with E-state index in [9.17, 15) is 19.1 Å². The predicted molar refractivity (Wildman–Crippen MR) is 104 cm³/mol. The van der Waals surface area contributed by atoms with E-state index < -0.39 is 6.04 Å². The smallest absolute Gasteiger partial charge is 0.254 e. The third-order valence-corrected chi connectivity index (χ3v) is 4.94. The Kier molecular flexibility index (Phi) is 6.21. The van der Waals surface area contributed by atoms with E-state index in [-0.39, 0.29) is 30.8 Å². The molecule has 0 radical (unpaired) electrons. The standard InChI is InChI=1S/C22H23FN2O3/c1-2-21(27)24-10-11-25(20(14-24)15-26)22(28)18-5-3-4-17(13-18)12-16-6-8-19(23)9-7-16/h2-9,13,20,26H,1,10-12,14-15H2/t20-/m1/s1. The molecule has 1 atom stereocenters. The van der Waals surface area contributed by atoms with Crippen LogP contribution in [0.1, 0.15) is 21.5 Å². The molecule has 1 saturated heterocycles. The number of piperazine rings is 1. The SMILES string of the molecule is C=CC(=O)N1CCN(C(=O)c2cccc(Cc3ccc(F)cc3)c2)[C@@H](CO)C1. The van der Waals surface area contributed by atoms with Gasteiger partial charge in [0.2, 0.25) is 5.91 Å². The highest BCUT2D eigenvalue weighted by Gasteiger charge is 2.31. The van der Waals surface area contributed by atoms with Crippen LogP contribution in [0.15, 0.2) is 61.2 Å². The molecule has 1 aliphatic rings. The molecule has 0 bridgehead atoms. The Morgan fingerprint density at radius 3 is 2.57 bits per heavy atom. The van der Waals surface area contributed by atoms with Gasteiger partial charge in [-0.25, -0.2) is 4.39 Å². The van der Waals surface area contributed by atoms with Crippen molar-refractivity contribution in [3.05, 3.63) is 83.7 Å². The van der Waals surface area contributed by atoms with Crippen molar-refractivity contribution in [1.29, 1.82) is 0 Å². The van der Waals surface area contributed by atoms with E-state index in [4.69, 9.17) is 0 Å². The zero-order chi connectivity index (χ0) is 20.1. The Morgan fingerprint density at radius 1 is 1.14 bits per heavy atom. The minimum atomic E-state index is -0.453. The van der Waals surface area contributed by atoms with Gasteiger partial charge in [-0.3, -0.25) is 9.59 Å². The van der Waals surface area contributed by atoms with Gasteiger partial charge in [0.15, 0.2) is 0 Å². The summed E-state index contributed by atoms with van der Waals surface area (Å²) in [5.41, 5.74) is 2.43. The minimum absolute atomic E-state index is 0.175. The van der Waals surface area contributed by atoms with Crippen molar-refractivity contribution in [3.63, 3.8) is 0 Å². The summed E-state index contributed by atoms with van der Waals surface area (Å²) in [6.45, 7) is 4.30. The van der Waals surface area contributed by atoms with Gasteiger partial charge in [0.1, 0.15) is 5.82 Å². The first-order valence-electron chi connectivity index (χ1n) is 9.18. The van der Waals surface area contributed by atoms with Crippen LogP contribution in [-0.2, 0) is 11.2 Å². The molecule has 146 valence electrons. The Balaban J connectivity index is 1.74. The normalized spacial score (nSPS) is 16.7. The van der Waals surface area contributed by atoms with Crippen molar-refractivity contribution in [3.8, 4) is 0 Å². The molecular formula is C22H23FN2O3. The van der Waals surface area contributed by atoms with Crippen molar-refractivity contribution in [2.24, 2.45) is 0 Å². The molecule has 1 heterocycles. The van der Waals surface area contributed by atoms with Gasteiger partial charge in [-0.15, -0.1) is 0 Å². The predicted octanol–water partition coefficient (Wildman–Crippen LogP) is 2.25. The van der Waals surface area contributed by atoms with Crippen LogP contribution in [-0.4, -0.2) is 59.0 Å². The first kappa shape index (κ1) is 19.8. The zero-order valence-electron chi connectivity index (χ0n) is 15.6. The number of hydrogen-bond acceptors (Lipinski definition) is 3. The lowest BCUT2D eigenvalue weighted by Crippen LogP contribution is -2.57. The van der Waals surface area contributed by atoms with Crippen molar-refractivity contribution < 1.29 is 19.1 Å². The van der Waals surface area contributed by atoms with Crippen molar-refractivity contribution in [1.82, 2.24) is 9.80 Å². The number of benzene rings is 2. The molecule has 28 heavy (non-hydrogen) atoms. The highest BCUT2D eigenvalue weighted by atomic mass is 19.1. The van der Waals surface area contributed by atoms with Gasteiger partial charge < -0.3 is 14.9 Å². The summed E-state index contributed by atoms with van der Waals surface area (Å²) in [6.07, 6.45) is 1.83. The lowest BCUT2D eigenvalue weighted by atomic mass is 10.0. The molecule has 0 unspecified atom stereocenters. The summed E-state index contributed by atoms with van der Waals surface area (Å²) in [7, 11) is 0. The summed E-state index contributed by atoms with van der Waals surface area (Å²) in [5.74, 6) is -0.658. The molecule has 2 aromatic rings. The van der Waals surface area contributed by atoms with E-state index in [1.54, 1.807) is 28.0 Å². The first-order chi connectivity index (χ1) is 13.5. The maximum Gasteiger partial charge on any atom is 0.254 e. The lowest BCUT2D eigenvalue weighted by Gasteiger charge is -2.40. The number of carbonyl (C=O) groups is 2. The van der Waals surface area contributed by atoms with E-state index in [1.165, 1.54) is 18.2 Å². The van der Waals surface area contributed by atoms with Crippen molar-refractivity contribution in [2.75, 3.05) is 26.2 Å². The third kappa shape index (κ3) is 4.46. The molecule has 5 nitrogen and oxygen atoms in total. The summed E-state index contributed by atoms with van der Waals surface area (Å²) in [6, 6.07) is 13.1. The van der Waals surface area contributed by atoms with Crippen LogP contribution in [0.4, 0.5) is 4.39 Å². The molecule has 3 rings (SSSR count). The monoisotopic (exact) mass is 382 g/mol. The number of hydrogen-bond donors (Lipinski definition) is 1. The fourth-order valence-electron chi connectivity index (χ4n) is 3.43. The van der Waals surface area contributed by atoms with Crippen LogP contribution in [0.3, 0.4) is 0 Å². The van der Waals surface area contributed by atoms with Crippen LogP contribution in [0.2, 0.25) is 0 Å². The van der Waals surface area contributed by atoms with E-state index >= 15 is 0 Å². The summed E-state index contributed by atoms with van der Waals surface area (Å²) in [5, 5.41) is 9.71. The van der Waals surface area contributed by atoms with Crippen LogP contribution < -0.4 is 0 Å². The van der Waals surface area contributed by atoms with Gasteiger partial charge in [-0.05, 0) is 47.9 Å². The minimum Gasteiger partial charge on any atom is -0.394 e. The highest BCUT2D eigenvalue weighted by molar-refractivity contribution is 5.95. The number of aliphatic hydroxyl groups excluding tert-OH is 1. The summed E-state index contributed by atoms with van der Waals surface area (Å²) in [4.78, 5) is 28.0. The average Bonchev–Trinajstić information content (AvgIpc) is 2.74. The molecule has 1 N–H and O–H groups in total. The number of aliphatic hydroxyl groups is 1. The number of halogens is 1. The quantitative estimate of drug-likeness (QED) is 0.807. The fraction of sp³-hybridized carbons (Fsp3) is 0.273. The maximum absolute atomic E-state index is 13.1. The first-order valence-corrected chi connectivity index (χ1v) is 9.18. The molecule has 0 aromatic heterocycles. The molecule has 1 fully saturated rings. The molecule has 0 spiro atoms. The number of amides is 2. The second-order valence-electron chi connectivity index (χ2n) is 6.83. The van der Waals surface area contributed by atoms with Crippen LogP contribution >= 0.6 is 0 Å². The fourth-order valence-corrected chi connectivity index (χ4v) is 3.43. The van der Waals surface area contributed by atoms with Crippen molar-refractivity contribution in [2.45, 2.75) is 12.5 Å². The van der Waals surface area contributed by atoms with Gasteiger partial charge in [0, 0.05) is 25.2 Å². The molecule has 0 saturated carbocycles. The van der Waals surface area contributed by atoms with Crippen LogP contribution in [0.5, 0.6) is 0 Å². The number of rotatable bonds is 5. The van der Waals surface area contributed by atoms with Gasteiger partial charge in [0.25, 0.3) is 5.91 Å². The Morgan fingerprint density at radius 2 is 1.89 bits per heavy atom. The largest absolute Gasteiger partial charge is 0.394 e. The van der Waals surface area contributed by atoms with Gasteiger partial charge >= 0.3 is 0 Å². The Labute approximate surface area is 163 Å². The molecule has 0 aliphatic carbocycles. The number of carbonyl (C=O) groups excluding carboxylic acids is 2. The molecule has 1 aliphatic heterocycles. The second kappa shape index (κ2) is 8.80. The summed E-state index contributed by atoms with van der Waals surface area (Å²) < 4.78 is 13.1. The Hall–Kier alpha value is -2.99. The van der Waals surface area contributed by atoms with Gasteiger partial charge in [-0.1, -0.05) is 30.8 Å². The van der Waals surface area contributed by atoms with Crippen LogP contribution in [0, 0.1) is 5.82 Å². The van der Waals surface area contributed by atoms with Gasteiger partial charge in [-0.2, -0.15) is 0 Å². The van der Waals surface area contributed by atoms with Crippen LogP contribution in [0.25, 0.3) is 0 Å². The van der Waals surface area contributed by atoms with E-state index in [0.29, 0.717) is 25.1 Å². The van der Waals surface area contributed by atoms with E-state index in [0.717, 1.165) is 11.1 Å². The zero-order valence-corrected chi connectivity index (χ0v) is 15.6. The maximum atomic E-state index is 13.1. The molecule has 2 aromatic carbocycles. The topological polar surface area (TPSA) is 60.9 Å². The highest BCUT2D eigenvalue weighted by Crippen LogP contribution is 2.17. The lowest BCUT2D eigenvalue weighted by molar-refractivity contribution is -0.128. The molecule has 6 heteroatoms. The molecular weight excluding hydrogens is 359 g/mol. The van der Waals surface area contributed by atoms with E-state index in [2.05, 4.69) is 6.58 Å². The number of nitrogens with zero attached hydrogens (tertiary/aromatic N) is 2. The van der Waals surface area contributed by atoms with Crippen molar-refractivity contribution >= 4 is 11.8 Å². The van der Waals surface area contributed by atoms with Gasteiger partial charge in [0.05, 0.1) is 12.6 Å². The van der Waals surface area contributed by atoms with E-state index in [1.807, 2.05) is 18.2 Å². The summed E-state index contributed by atoms with van der Waals surface area (Å²) >= 11 is 0. The third-order valence-electron chi connectivity index (χ3n) is 4.94. The Bertz CT molecular complexity index is 866. The second-order valence-corrected chi connectivity index (χ2v) is 6.83. The molecule has 2 amide bonds.